The Labute approximate surface area is 102 Å². The van der Waals surface area contributed by atoms with Crippen molar-refractivity contribution in [3.63, 3.8) is 0 Å². The molecule has 1 N–H and O–H groups in total. The van der Waals surface area contributed by atoms with Gasteiger partial charge in [-0.05, 0) is 19.8 Å². The predicted molar refractivity (Wildman–Crippen MR) is 56.3 cm³/mol. The SMILES string of the molecule is CCOC(=O)c1cnc(C(F)(F)C2CC2)nc1O. The van der Waals surface area contributed by atoms with E-state index in [0.29, 0.717) is 12.8 Å². The molecule has 0 aromatic carbocycles. The Morgan fingerprint density at radius 3 is 2.78 bits per heavy atom. The molecule has 1 aliphatic rings. The summed E-state index contributed by atoms with van der Waals surface area (Å²) in [5.41, 5.74) is -0.313. The standard InChI is InChI=1S/C11H12F2N2O3/c1-2-18-9(17)7-5-14-10(15-8(7)16)11(12,13)6-3-4-6/h5-6H,2-4H2,1H3,(H,14,15,16). The molecule has 1 saturated carbocycles. The van der Waals surface area contributed by atoms with Gasteiger partial charge in [0.2, 0.25) is 11.7 Å². The Kier molecular flexibility index (Phi) is 3.14. The maximum Gasteiger partial charge on any atom is 0.345 e. The number of esters is 1. The van der Waals surface area contributed by atoms with E-state index in [4.69, 9.17) is 0 Å². The number of nitrogens with zero attached hydrogens (tertiary/aromatic N) is 2. The number of ether oxygens (including phenoxy) is 1. The van der Waals surface area contributed by atoms with E-state index in [1.165, 1.54) is 0 Å². The van der Waals surface area contributed by atoms with Gasteiger partial charge in [-0.25, -0.2) is 9.78 Å². The highest BCUT2D eigenvalue weighted by molar-refractivity contribution is 5.91. The first-order chi connectivity index (χ1) is 8.46. The van der Waals surface area contributed by atoms with Crippen molar-refractivity contribution in [1.29, 1.82) is 0 Å². The van der Waals surface area contributed by atoms with E-state index < -0.39 is 29.5 Å². The summed E-state index contributed by atoms with van der Waals surface area (Å²) in [5.74, 6) is -6.30. The molecule has 0 radical (unpaired) electrons. The van der Waals surface area contributed by atoms with Gasteiger partial charge in [-0.3, -0.25) is 0 Å². The molecule has 1 aliphatic carbocycles. The Hall–Kier alpha value is -1.79. The van der Waals surface area contributed by atoms with Crippen molar-refractivity contribution in [3.8, 4) is 5.88 Å². The van der Waals surface area contributed by atoms with E-state index in [9.17, 15) is 18.7 Å². The molecule has 1 aromatic rings. The minimum atomic E-state index is -3.16. The summed E-state index contributed by atoms with van der Waals surface area (Å²) in [6, 6.07) is 0. The van der Waals surface area contributed by atoms with Gasteiger partial charge in [-0.2, -0.15) is 13.8 Å². The van der Waals surface area contributed by atoms with Crippen LogP contribution in [-0.4, -0.2) is 27.7 Å². The lowest BCUT2D eigenvalue weighted by atomic mass is 10.2. The number of alkyl halides is 2. The van der Waals surface area contributed by atoms with Crippen LogP contribution in [0.5, 0.6) is 5.88 Å². The van der Waals surface area contributed by atoms with Gasteiger partial charge in [0.25, 0.3) is 0 Å². The largest absolute Gasteiger partial charge is 0.493 e. The van der Waals surface area contributed by atoms with Gasteiger partial charge in [0, 0.05) is 12.1 Å². The van der Waals surface area contributed by atoms with Crippen LogP contribution in [0.4, 0.5) is 8.78 Å². The molecule has 98 valence electrons. The number of hydrogen-bond acceptors (Lipinski definition) is 5. The van der Waals surface area contributed by atoms with Crippen LogP contribution in [0.15, 0.2) is 6.20 Å². The quantitative estimate of drug-likeness (QED) is 0.834. The molecule has 0 spiro atoms. The van der Waals surface area contributed by atoms with Crippen LogP contribution >= 0.6 is 0 Å². The summed E-state index contributed by atoms with van der Waals surface area (Å²) < 4.78 is 31.9. The number of hydrogen-bond donors (Lipinski definition) is 1. The van der Waals surface area contributed by atoms with Crippen LogP contribution in [0, 0.1) is 5.92 Å². The molecule has 0 saturated heterocycles. The van der Waals surface area contributed by atoms with Crippen molar-refractivity contribution in [1.82, 2.24) is 9.97 Å². The molecule has 0 bridgehead atoms. The first-order valence-electron chi connectivity index (χ1n) is 5.58. The molecule has 18 heavy (non-hydrogen) atoms. The zero-order valence-electron chi connectivity index (χ0n) is 9.69. The lowest BCUT2D eigenvalue weighted by Crippen LogP contribution is -2.20. The molecule has 0 atom stereocenters. The van der Waals surface area contributed by atoms with Gasteiger partial charge in [0.05, 0.1) is 6.61 Å². The van der Waals surface area contributed by atoms with Crippen molar-refractivity contribution in [2.75, 3.05) is 6.61 Å². The number of carbonyl (C=O) groups is 1. The Balaban J connectivity index is 2.27. The van der Waals surface area contributed by atoms with Crippen LogP contribution < -0.4 is 0 Å². The highest BCUT2D eigenvalue weighted by Crippen LogP contribution is 2.48. The molecule has 1 aromatic heterocycles. The second-order valence-electron chi connectivity index (χ2n) is 4.05. The van der Waals surface area contributed by atoms with Gasteiger partial charge < -0.3 is 9.84 Å². The lowest BCUT2D eigenvalue weighted by molar-refractivity contribution is -0.0380. The smallest absolute Gasteiger partial charge is 0.345 e. The van der Waals surface area contributed by atoms with Crippen molar-refractivity contribution in [2.24, 2.45) is 5.92 Å². The molecule has 7 heteroatoms. The summed E-state index contributed by atoms with van der Waals surface area (Å²) in [6.45, 7) is 1.70. The fourth-order valence-corrected chi connectivity index (χ4v) is 1.51. The van der Waals surface area contributed by atoms with E-state index in [1.54, 1.807) is 6.92 Å². The number of carbonyl (C=O) groups excluding carboxylic acids is 1. The summed E-state index contributed by atoms with van der Waals surface area (Å²) in [6.07, 6.45) is 1.69. The summed E-state index contributed by atoms with van der Waals surface area (Å²) in [7, 11) is 0. The second-order valence-corrected chi connectivity index (χ2v) is 4.05. The third kappa shape index (κ3) is 2.25. The van der Waals surface area contributed by atoms with Gasteiger partial charge in [-0.1, -0.05) is 0 Å². The zero-order chi connectivity index (χ0) is 13.3. The highest BCUT2D eigenvalue weighted by atomic mass is 19.3. The van der Waals surface area contributed by atoms with Crippen molar-refractivity contribution < 1.29 is 23.4 Å². The zero-order valence-corrected chi connectivity index (χ0v) is 9.69. The topological polar surface area (TPSA) is 72.3 Å². The molecular weight excluding hydrogens is 246 g/mol. The number of aromatic hydroxyl groups is 1. The Bertz CT molecular complexity index is 475. The fraction of sp³-hybridized carbons (Fsp3) is 0.545. The van der Waals surface area contributed by atoms with Gasteiger partial charge in [0.1, 0.15) is 5.56 Å². The van der Waals surface area contributed by atoms with Crippen LogP contribution in [0.2, 0.25) is 0 Å². The number of aromatic nitrogens is 2. The first-order valence-corrected chi connectivity index (χ1v) is 5.58. The molecule has 0 amide bonds. The van der Waals surface area contributed by atoms with Gasteiger partial charge >= 0.3 is 11.9 Å². The van der Waals surface area contributed by atoms with Gasteiger partial charge in [-0.15, -0.1) is 0 Å². The number of halogens is 2. The normalized spacial score (nSPS) is 15.5. The lowest BCUT2D eigenvalue weighted by Gasteiger charge is -2.14. The first kappa shape index (κ1) is 12.7. The molecule has 1 heterocycles. The van der Waals surface area contributed by atoms with E-state index in [2.05, 4.69) is 14.7 Å². The van der Waals surface area contributed by atoms with Crippen molar-refractivity contribution in [3.05, 3.63) is 17.6 Å². The average molecular weight is 258 g/mol. The maximum absolute atomic E-state index is 13.6. The number of rotatable bonds is 4. The van der Waals surface area contributed by atoms with Crippen LogP contribution in [0.25, 0.3) is 0 Å². The third-order valence-electron chi connectivity index (χ3n) is 2.65. The monoisotopic (exact) mass is 258 g/mol. The molecule has 0 aliphatic heterocycles. The molecule has 2 rings (SSSR count). The molecule has 0 unspecified atom stereocenters. The summed E-state index contributed by atoms with van der Waals surface area (Å²) in [4.78, 5) is 18.1. The predicted octanol–water partition coefficient (Wildman–Crippen LogP) is 1.86. The van der Waals surface area contributed by atoms with Crippen LogP contribution in [0.3, 0.4) is 0 Å². The molecular formula is C11H12F2N2O3. The summed E-state index contributed by atoms with van der Waals surface area (Å²) in [5, 5.41) is 9.47. The van der Waals surface area contributed by atoms with Gasteiger partial charge in [0.15, 0.2) is 0 Å². The average Bonchev–Trinajstić information content (AvgIpc) is 3.13. The van der Waals surface area contributed by atoms with E-state index in [0.717, 1.165) is 6.20 Å². The third-order valence-corrected chi connectivity index (χ3v) is 2.65. The minimum absolute atomic E-state index is 0.109. The maximum atomic E-state index is 13.6. The fourth-order valence-electron chi connectivity index (χ4n) is 1.51. The van der Waals surface area contributed by atoms with E-state index in [-0.39, 0.29) is 12.2 Å². The molecule has 1 fully saturated rings. The summed E-state index contributed by atoms with van der Waals surface area (Å²) >= 11 is 0. The van der Waals surface area contributed by atoms with Crippen LogP contribution in [-0.2, 0) is 10.7 Å². The highest BCUT2D eigenvalue weighted by Gasteiger charge is 2.50. The van der Waals surface area contributed by atoms with Crippen LogP contribution in [0.1, 0.15) is 35.9 Å². The van der Waals surface area contributed by atoms with Crippen molar-refractivity contribution >= 4 is 5.97 Å². The Morgan fingerprint density at radius 1 is 1.61 bits per heavy atom. The molecule has 5 nitrogen and oxygen atoms in total. The van der Waals surface area contributed by atoms with E-state index >= 15 is 0 Å². The Morgan fingerprint density at radius 2 is 2.28 bits per heavy atom. The van der Waals surface area contributed by atoms with Crippen molar-refractivity contribution in [2.45, 2.75) is 25.7 Å². The van der Waals surface area contributed by atoms with E-state index in [1.807, 2.05) is 0 Å². The minimum Gasteiger partial charge on any atom is -0.493 e. The second kappa shape index (κ2) is 4.47.